The van der Waals surface area contributed by atoms with Crippen LogP contribution in [-0.2, 0) is 14.3 Å². The molecule has 164 valence electrons. The summed E-state index contributed by atoms with van der Waals surface area (Å²) < 4.78 is 19.4. The highest BCUT2D eigenvalue weighted by Gasteiger charge is 2.47. The van der Waals surface area contributed by atoms with Gasteiger partial charge in [0.15, 0.2) is 0 Å². The first-order chi connectivity index (χ1) is 14.2. The average Bonchev–Trinajstić information content (AvgIpc) is 3.25. The van der Waals surface area contributed by atoms with Crippen LogP contribution in [0.15, 0.2) is 24.3 Å². The molecule has 3 amide bonds. The molecule has 1 aromatic carbocycles. The van der Waals surface area contributed by atoms with Gasteiger partial charge in [0.25, 0.3) is 0 Å². The van der Waals surface area contributed by atoms with Crippen molar-refractivity contribution >= 4 is 23.6 Å². The molecule has 3 rings (SSSR count). The predicted octanol–water partition coefficient (Wildman–Crippen LogP) is 0.735. The molecule has 2 heterocycles. The largest absolute Gasteiger partial charge is 0.441 e. The van der Waals surface area contributed by atoms with E-state index in [9.17, 15) is 18.9 Å². The van der Waals surface area contributed by atoms with Crippen LogP contribution in [0.1, 0.15) is 25.5 Å². The third-order valence-corrected chi connectivity index (χ3v) is 5.98. The van der Waals surface area contributed by atoms with E-state index >= 15 is 0 Å². The Morgan fingerprint density at radius 1 is 1.33 bits per heavy atom. The maximum Gasteiger partial charge on any atom is 0.439 e. The van der Waals surface area contributed by atoms with Crippen LogP contribution in [-0.4, -0.2) is 60.5 Å². The molecule has 2 fully saturated rings. The maximum absolute atomic E-state index is 14.4. The fourth-order valence-corrected chi connectivity index (χ4v) is 4.03. The van der Waals surface area contributed by atoms with Crippen molar-refractivity contribution in [2.75, 3.05) is 31.1 Å². The highest BCUT2D eigenvalue weighted by molar-refractivity contribution is 5.79. The summed E-state index contributed by atoms with van der Waals surface area (Å²) in [4.78, 5) is 36.7. The number of benzene rings is 1. The summed E-state index contributed by atoms with van der Waals surface area (Å²) in [6.07, 6.45) is -2.14. The van der Waals surface area contributed by atoms with Crippen molar-refractivity contribution < 1.29 is 28.7 Å². The monoisotopic (exact) mass is 422 g/mol. The molecule has 10 heteroatoms. The summed E-state index contributed by atoms with van der Waals surface area (Å²) in [7, 11) is 0. The first-order valence-electron chi connectivity index (χ1n) is 9.90. The van der Waals surface area contributed by atoms with Crippen molar-refractivity contribution in [1.29, 1.82) is 0 Å². The van der Waals surface area contributed by atoms with Crippen molar-refractivity contribution in [1.82, 2.24) is 10.4 Å². The second kappa shape index (κ2) is 8.86. The van der Waals surface area contributed by atoms with Gasteiger partial charge >= 0.3 is 6.09 Å². The Balaban J connectivity index is 1.71. The van der Waals surface area contributed by atoms with Crippen molar-refractivity contribution in [3.8, 4) is 0 Å². The zero-order valence-corrected chi connectivity index (χ0v) is 17.0. The number of nitrogens with zero attached hydrogens (tertiary/aromatic N) is 2. The Kier molecular flexibility index (Phi) is 6.45. The maximum atomic E-state index is 14.4. The number of hydrogen-bond donors (Lipinski definition) is 3. The average molecular weight is 422 g/mol. The Morgan fingerprint density at radius 3 is 2.60 bits per heavy atom. The van der Waals surface area contributed by atoms with Gasteiger partial charge in [-0.05, 0) is 36.5 Å². The summed E-state index contributed by atoms with van der Waals surface area (Å²) in [5.74, 6) is -1.33. The molecule has 2 aliphatic heterocycles. The van der Waals surface area contributed by atoms with Crippen molar-refractivity contribution in [3.05, 3.63) is 29.8 Å². The third kappa shape index (κ3) is 4.33. The number of aliphatic hydroxyl groups excluding tert-OH is 1. The summed E-state index contributed by atoms with van der Waals surface area (Å²) >= 11 is 0. The Morgan fingerprint density at radius 2 is 2.00 bits per heavy atom. The zero-order valence-electron chi connectivity index (χ0n) is 17.0. The number of carbonyl (C=O) groups excluding carboxylic acids is 3. The molecule has 1 aromatic rings. The van der Waals surface area contributed by atoms with Gasteiger partial charge in [0.2, 0.25) is 11.8 Å². The van der Waals surface area contributed by atoms with Gasteiger partial charge in [0.1, 0.15) is 18.8 Å². The normalized spacial score (nSPS) is 27.1. The zero-order chi connectivity index (χ0) is 22.0. The summed E-state index contributed by atoms with van der Waals surface area (Å²) in [6, 6.07) is 6.04. The molecule has 0 radical (unpaired) electrons. The molecule has 4 N–H and O–H groups in total. The summed E-state index contributed by atoms with van der Waals surface area (Å²) in [5, 5.41) is 11.5. The van der Waals surface area contributed by atoms with E-state index in [4.69, 9.17) is 15.6 Å². The van der Waals surface area contributed by atoms with Crippen LogP contribution in [0.4, 0.5) is 15.0 Å². The van der Waals surface area contributed by atoms with Crippen LogP contribution in [0.5, 0.6) is 0 Å². The molecule has 2 aliphatic rings. The van der Waals surface area contributed by atoms with Crippen LogP contribution < -0.4 is 16.0 Å². The second-order valence-corrected chi connectivity index (χ2v) is 7.99. The van der Waals surface area contributed by atoms with E-state index in [2.05, 4.69) is 17.1 Å². The highest BCUT2D eigenvalue weighted by Crippen LogP contribution is 2.38. The molecule has 0 spiro atoms. The van der Waals surface area contributed by atoms with Crippen LogP contribution in [0.3, 0.4) is 0 Å². The van der Waals surface area contributed by atoms with Gasteiger partial charge in [-0.2, -0.15) is 0 Å². The molecule has 0 aromatic heterocycles. The van der Waals surface area contributed by atoms with E-state index < -0.39 is 42.6 Å². The standard InChI is InChI=1S/C20H27FN4O5/c1-11-8-24(9-14(11)7-23-16(27)10-26)15-5-3-13(4-6-15)17-18(12(2)19(22)28)30-20(29)25(17)21/h3-6,11-12,14,17-18,26H,7-10H2,1-2H3,(H2,22,28)(H,23,27). The number of nitrogens with two attached hydrogens (primary N) is 1. The molecule has 5 unspecified atom stereocenters. The quantitative estimate of drug-likeness (QED) is 0.557. The molecule has 30 heavy (non-hydrogen) atoms. The number of hydrogen-bond acceptors (Lipinski definition) is 6. The molecule has 9 nitrogen and oxygen atoms in total. The molecule has 0 saturated carbocycles. The van der Waals surface area contributed by atoms with Crippen molar-refractivity contribution in [2.45, 2.75) is 26.0 Å². The minimum absolute atomic E-state index is 0.00306. The Hall–Kier alpha value is -2.88. The fraction of sp³-hybridized carbons (Fsp3) is 0.550. The first-order valence-corrected chi connectivity index (χ1v) is 9.90. The topological polar surface area (TPSA) is 125 Å². The molecule has 2 saturated heterocycles. The molecular formula is C20H27FN4O5. The number of ether oxygens (including phenoxy) is 1. The third-order valence-electron chi connectivity index (χ3n) is 5.98. The lowest BCUT2D eigenvalue weighted by molar-refractivity contribution is -0.125. The molecule has 0 aliphatic carbocycles. The van der Waals surface area contributed by atoms with Gasteiger partial charge in [-0.1, -0.05) is 23.5 Å². The lowest BCUT2D eigenvalue weighted by Gasteiger charge is -2.23. The minimum Gasteiger partial charge on any atom is -0.441 e. The predicted molar refractivity (Wildman–Crippen MR) is 106 cm³/mol. The lowest BCUT2D eigenvalue weighted by atomic mass is 9.92. The second-order valence-electron chi connectivity index (χ2n) is 7.99. The van der Waals surface area contributed by atoms with E-state index in [0.717, 1.165) is 18.8 Å². The minimum atomic E-state index is -1.14. The smallest absolute Gasteiger partial charge is 0.439 e. The van der Waals surface area contributed by atoms with Gasteiger partial charge in [0.05, 0.1) is 5.92 Å². The number of rotatable bonds is 7. The van der Waals surface area contributed by atoms with E-state index in [1.54, 1.807) is 12.1 Å². The van der Waals surface area contributed by atoms with Crippen LogP contribution >= 0.6 is 0 Å². The summed E-state index contributed by atoms with van der Waals surface area (Å²) in [6.45, 7) is 5.08. The van der Waals surface area contributed by atoms with Crippen LogP contribution in [0, 0.1) is 17.8 Å². The number of carbonyl (C=O) groups is 3. The van der Waals surface area contributed by atoms with Gasteiger partial charge < -0.3 is 25.8 Å². The first kappa shape index (κ1) is 21.8. The Bertz CT molecular complexity index is 805. The molecule has 5 atom stereocenters. The van der Waals surface area contributed by atoms with E-state index in [1.807, 2.05) is 12.1 Å². The number of cyclic esters (lactones) is 1. The summed E-state index contributed by atoms with van der Waals surface area (Å²) in [5.41, 5.74) is 6.75. The van der Waals surface area contributed by atoms with Crippen molar-refractivity contribution in [2.24, 2.45) is 23.5 Å². The fourth-order valence-electron chi connectivity index (χ4n) is 4.03. The van der Waals surface area contributed by atoms with Gasteiger partial charge in [0, 0.05) is 25.3 Å². The lowest BCUT2D eigenvalue weighted by Crippen LogP contribution is -2.35. The molecular weight excluding hydrogens is 395 g/mol. The van der Waals surface area contributed by atoms with Gasteiger partial charge in [-0.3, -0.25) is 9.59 Å². The number of halogens is 1. The molecule has 0 bridgehead atoms. The number of nitrogens with one attached hydrogen (secondary N) is 1. The SMILES string of the molecule is CC1CN(c2ccc(C3C(C(C)C(N)=O)OC(=O)N3F)cc2)CC1CNC(=O)CO. The van der Waals surface area contributed by atoms with Crippen molar-refractivity contribution in [3.63, 3.8) is 0 Å². The van der Waals surface area contributed by atoms with E-state index in [0.29, 0.717) is 18.0 Å². The number of amides is 3. The van der Waals surface area contributed by atoms with E-state index in [-0.39, 0.29) is 11.0 Å². The van der Waals surface area contributed by atoms with E-state index in [1.165, 1.54) is 6.92 Å². The Labute approximate surface area is 173 Å². The van der Waals surface area contributed by atoms with Crippen LogP contribution in [0.25, 0.3) is 0 Å². The van der Waals surface area contributed by atoms with Gasteiger partial charge in [-0.15, -0.1) is 5.12 Å². The van der Waals surface area contributed by atoms with Gasteiger partial charge in [-0.25, -0.2) is 4.79 Å². The highest BCUT2D eigenvalue weighted by atomic mass is 19.2. The number of primary amides is 1. The number of anilines is 1. The number of aliphatic hydroxyl groups is 1. The van der Waals surface area contributed by atoms with Crippen LogP contribution in [0.2, 0.25) is 0 Å².